The number of nitrogens with two attached hydrogens (primary N) is 1. The number of carbonyl (C=O) groups is 16. The van der Waals surface area contributed by atoms with Crippen LogP contribution >= 0.6 is 23.1 Å². The lowest BCUT2D eigenvalue weighted by molar-refractivity contribution is -0.149. The number of phenols is 1. The SMILES string of the molecule is CCCC[C@H]1C(=O)N(C)[C@@H](CCCC)C(=O)N[C@@H](CC(C)C)C(=O)NCCSCC(=O)N[C@@H](Cc2ccc(O)cc2)C(=O)N(C)[C@@H](C)C(=O)N[C@@H](CC(N)=O)C(=O)N2CCCC2C(=O)N[C@@H](CNc2nc3c(F)cccc3s2)C(=O)NCC(=O)N2CCC[C@H]2C(=O)N[C@@H](Cc2c[nH]c3ccccc23)C(=O)NCC(=O)N[C@@H](Cc2cn(CC(=O)O)c3ccccc23)C(=O)N1C. The molecule has 37 nitrogen and oxygen atoms in total. The zero-order chi connectivity index (χ0) is 93.4. The molecule has 0 spiro atoms. The molecule has 3 fully saturated rings. The Morgan fingerprint density at radius 3 is 1.87 bits per heavy atom. The maximum Gasteiger partial charge on any atom is 0.323 e. The minimum atomic E-state index is -1.73. The van der Waals surface area contributed by atoms with Crippen LogP contribution in [0.25, 0.3) is 32.0 Å². The summed E-state index contributed by atoms with van der Waals surface area (Å²) in [7, 11) is 4.10. The van der Waals surface area contributed by atoms with Crippen LogP contribution in [-0.2, 0) is 103 Å². The molecule has 0 radical (unpaired) electrons. The van der Waals surface area contributed by atoms with Gasteiger partial charge < -0.3 is 103 Å². The van der Waals surface area contributed by atoms with Crippen LogP contribution in [0.2, 0.25) is 0 Å². The number of thioether (sulfide) groups is 1. The van der Waals surface area contributed by atoms with Crippen LogP contribution in [0.1, 0.15) is 128 Å². The minimum Gasteiger partial charge on any atom is -0.508 e. The largest absolute Gasteiger partial charge is 0.508 e. The number of H-pyrrole nitrogens is 1. The molecule has 0 aliphatic carbocycles. The molecule has 15 N–H and O–H groups in total. The van der Waals surface area contributed by atoms with E-state index in [1.807, 2.05) is 27.7 Å². The van der Waals surface area contributed by atoms with Crippen LogP contribution in [0.3, 0.4) is 0 Å². The standard InChI is InChI=1S/C89H116FN19O18S2/c1-9-11-24-67-82(121)99-60(38-50(3)4)79(118)92-34-37-128-49-74(113)98-62(39-52-30-32-55(110)33-31-52)85(124)104(6)51(5)78(117)101-64(42-72(91)111)87(126)109-36-19-28-69(109)84(123)102-65(44-96-89-103-77-58(90)22-17-29-71(77)129-89)81(120)95-46-75(114)108-35-18-27-68(108)83(122)100-61(40-53-43-93-59-23-15-13-20-56(53)59)80(119)94-45-73(112)97-63(86(125)106(8)70(25-12-10-2)88(127)105(67)7)41-54-47-107(48-76(115)116)66-26-16-14-21-57(54)66/h13-17,20-23,26,29-33,43,47,50-51,60-65,67-70,93,110H,9-12,18-19,24-25,27-28,34-42,44-46,48-49H2,1-8H3,(H2,91,111)(H,92,118)(H,94,119)(H,95,120)(H,96,103)(H,97,112)(H,98,113)(H,99,121)(H,100,122)(H,101,117)(H,102,123)(H,115,116)/t51-,60-,61-,62-,63-,64-,65-,67-,68-,69?,70-/m0/s1. The first-order chi connectivity index (χ1) is 61.6. The number of phenolic OH excluding ortho intramolecular Hbond substituents is 1. The number of aromatic amines is 1. The van der Waals surface area contributed by atoms with Crippen LogP contribution in [0.15, 0.2) is 103 Å². The van der Waals surface area contributed by atoms with Gasteiger partial charge in [-0.1, -0.05) is 119 Å². The van der Waals surface area contributed by atoms with Crippen LogP contribution < -0.4 is 58.9 Å². The van der Waals surface area contributed by atoms with Gasteiger partial charge in [0.15, 0.2) is 5.13 Å². The molecule has 4 aromatic carbocycles. The van der Waals surface area contributed by atoms with Gasteiger partial charge in [-0.05, 0) is 111 Å². The predicted octanol–water partition coefficient (Wildman–Crippen LogP) is 2.59. The predicted molar refractivity (Wildman–Crippen MR) is 480 cm³/mol. The average Bonchev–Trinajstić information content (AvgIpc) is 1.59. The van der Waals surface area contributed by atoms with Gasteiger partial charge in [0, 0.05) is 107 Å². The highest BCUT2D eigenvalue weighted by Gasteiger charge is 2.44. The van der Waals surface area contributed by atoms with Crippen LogP contribution in [0.4, 0.5) is 9.52 Å². The Bertz CT molecular complexity index is 5260. The van der Waals surface area contributed by atoms with Crippen LogP contribution in [-0.4, -0.2) is 282 Å². The number of unbranched alkanes of at least 4 members (excludes halogenated alkanes) is 2. The number of amides is 15. The molecule has 7 aromatic rings. The van der Waals surface area contributed by atoms with E-state index >= 15 is 14.0 Å². The lowest BCUT2D eigenvalue weighted by Crippen LogP contribution is -2.60. The number of nitrogens with one attached hydrogen (secondary N) is 11. The lowest BCUT2D eigenvalue weighted by atomic mass is 9.99. The number of primary amides is 1. The first kappa shape index (κ1) is 98.4. The zero-order valence-electron chi connectivity index (χ0n) is 73.5. The molecule has 3 aromatic heterocycles. The third-order valence-corrected chi connectivity index (χ3v) is 25.3. The second-order valence-corrected chi connectivity index (χ2v) is 35.3. The third kappa shape index (κ3) is 26.3. The highest BCUT2D eigenvalue weighted by Crippen LogP contribution is 2.30. The number of hydrogen-bond acceptors (Lipinski definition) is 21. The zero-order valence-corrected chi connectivity index (χ0v) is 75.2. The van der Waals surface area contributed by atoms with Gasteiger partial charge in [-0.25, -0.2) is 9.37 Å². The van der Waals surface area contributed by atoms with Crippen molar-refractivity contribution in [1.82, 2.24) is 86.9 Å². The van der Waals surface area contributed by atoms with E-state index in [2.05, 4.69) is 63.1 Å². The van der Waals surface area contributed by atoms with Crippen molar-refractivity contribution >= 4 is 155 Å². The van der Waals surface area contributed by atoms with Crippen molar-refractivity contribution in [3.63, 3.8) is 0 Å². The van der Waals surface area contributed by atoms with Gasteiger partial charge in [0.1, 0.15) is 90.1 Å². The first-order valence-corrected chi connectivity index (χ1v) is 45.4. The molecule has 1 unspecified atom stereocenters. The van der Waals surface area contributed by atoms with Crippen molar-refractivity contribution in [3.8, 4) is 5.75 Å². The molecule has 0 saturated carbocycles. The maximum atomic E-state index is 15.6. The number of thiazole rings is 1. The lowest BCUT2D eigenvalue weighted by Gasteiger charge is -2.36. The summed E-state index contributed by atoms with van der Waals surface area (Å²) < 4.78 is 16.9. The Balaban J connectivity index is 0.964. The Hall–Kier alpha value is -12.8. The highest BCUT2D eigenvalue weighted by molar-refractivity contribution is 7.99. The van der Waals surface area contributed by atoms with E-state index in [9.17, 15) is 77.3 Å². The number of nitrogens with zero attached hydrogens (tertiary/aromatic N) is 7. The normalized spacial score (nSPS) is 23.2. The van der Waals surface area contributed by atoms with Gasteiger partial charge in [0.25, 0.3) is 0 Å². The summed E-state index contributed by atoms with van der Waals surface area (Å²) in [5, 5.41) is 49.0. The first-order valence-electron chi connectivity index (χ1n) is 43.4. The molecular formula is C89H116FN19O18S2. The molecule has 10 rings (SSSR count). The van der Waals surface area contributed by atoms with E-state index in [-0.39, 0.29) is 118 Å². The van der Waals surface area contributed by atoms with Gasteiger partial charge in [0.2, 0.25) is 88.6 Å². The Labute approximate surface area is 753 Å². The number of halogens is 1. The smallest absolute Gasteiger partial charge is 0.323 e. The number of carbonyl (C=O) groups excluding carboxylic acids is 15. The van der Waals surface area contributed by atoms with Crippen LogP contribution in [0, 0.1) is 11.7 Å². The van der Waals surface area contributed by atoms with E-state index in [0.29, 0.717) is 68.9 Å². The summed E-state index contributed by atoms with van der Waals surface area (Å²) in [6, 6.07) is 8.76. The molecule has 694 valence electrons. The summed E-state index contributed by atoms with van der Waals surface area (Å²) in [6.07, 6.45) is 4.68. The molecule has 11 atom stereocenters. The molecule has 0 bridgehead atoms. The molecule has 3 aliphatic rings. The summed E-state index contributed by atoms with van der Waals surface area (Å²) >= 11 is 2.12. The Morgan fingerprint density at radius 2 is 1.19 bits per heavy atom. The van der Waals surface area contributed by atoms with Gasteiger partial charge in [-0.15, -0.1) is 0 Å². The fourth-order valence-corrected chi connectivity index (χ4v) is 17.8. The molecule has 129 heavy (non-hydrogen) atoms. The number of carboxylic acid groups (broad SMARTS) is 1. The molecule has 6 heterocycles. The number of para-hydroxylation sites is 3. The van der Waals surface area contributed by atoms with Crippen molar-refractivity contribution in [2.24, 2.45) is 11.7 Å². The quantitative estimate of drug-likeness (QED) is 0.0491. The molecule has 40 heteroatoms. The van der Waals surface area contributed by atoms with Gasteiger partial charge in [-0.2, -0.15) is 11.8 Å². The number of likely N-dealkylation sites (N-methyl/N-ethyl adjacent to an activating group) is 3. The number of fused-ring (bicyclic) bond motifs is 5. The summed E-state index contributed by atoms with van der Waals surface area (Å²) in [6.45, 7) is 6.20. The second-order valence-electron chi connectivity index (χ2n) is 33.2. The van der Waals surface area contributed by atoms with E-state index in [4.69, 9.17) is 5.73 Å². The number of carboxylic acids is 1. The molecular weight excluding hydrogens is 1710 g/mol. The minimum absolute atomic E-state index is 0.00222. The monoisotopic (exact) mass is 1820 g/mol. The molecule has 3 saturated heterocycles. The summed E-state index contributed by atoms with van der Waals surface area (Å²) in [4.78, 5) is 245. The van der Waals surface area contributed by atoms with Gasteiger partial charge >= 0.3 is 5.97 Å². The van der Waals surface area contributed by atoms with Gasteiger partial charge in [-0.3, -0.25) is 76.7 Å². The van der Waals surface area contributed by atoms with E-state index in [1.165, 1.54) is 83.7 Å². The molecule has 3 aliphatic heterocycles. The topological polar surface area (TPSA) is 510 Å². The number of hydrogen-bond donors (Lipinski definition) is 14. The highest BCUT2D eigenvalue weighted by atomic mass is 32.2. The second kappa shape index (κ2) is 46.3. The van der Waals surface area contributed by atoms with Crippen molar-refractivity contribution in [2.45, 2.75) is 204 Å². The van der Waals surface area contributed by atoms with Crippen molar-refractivity contribution in [2.75, 3.05) is 77.2 Å². The fourth-order valence-electron chi connectivity index (χ4n) is 16.3. The fraction of sp³-hybridized carbons (Fsp3) is 0.494. The van der Waals surface area contributed by atoms with Gasteiger partial charge in [0.05, 0.1) is 30.0 Å². The summed E-state index contributed by atoms with van der Waals surface area (Å²) in [5.74, 6) is -14.4. The van der Waals surface area contributed by atoms with E-state index in [1.54, 1.807) is 67.0 Å². The number of aliphatic carboxylic acids is 1. The number of benzene rings is 4. The van der Waals surface area contributed by atoms with E-state index in [0.717, 1.165) is 32.9 Å². The van der Waals surface area contributed by atoms with Crippen molar-refractivity contribution < 1.29 is 91.3 Å². The number of aromatic nitrogens is 3. The van der Waals surface area contributed by atoms with Crippen molar-refractivity contribution in [1.29, 1.82) is 0 Å². The van der Waals surface area contributed by atoms with E-state index < -0.39 is 199 Å². The average molecular weight is 1820 g/mol. The Morgan fingerprint density at radius 1 is 0.597 bits per heavy atom. The number of aromatic hydroxyl groups is 1. The third-order valence-electron chi connectivity index (χ3n) is 23.3. The van der Waals surface area contributed by atoms with Crippen molar-refractivity contribution in [3.05, 3.63) is 126 Å². The Kier molecular flexibility index (Phi) is 35.3. The maximum absolute atomic E-state index is 15.6. The van der Waals surface area contributed by atoms with Crippen LogP contribution in [0.5, 0.6) is 5.75 Å². The molecule has 15 amide bonds. The number of anilines is 1. The number of rotatable bonds is 21. The summed E-state index contributed by atoms with van der Waals surface area (Å²) in [5.41, 5.74) is 8.36.